The minimum absolute atomic E-state index is 0.0172. The second kappa shape index (κ2) is 4.35. The van der Waals surface area contributed by atoms with E-state index in [0.29, 0.717) is 0 Å². The first-order chi connectivity index (χ1) is 9.51. The third-order valence-electron chi connectivity index (χ3n) is 3.95. The molecule has 0 aliphatic heterocycles. The molecule has 2 aliphatic rings. The molecule has 1 fully saturated rings. The molecule has 1 aromatic rings. The van der Waals surface area contributed by atoms with Crippen molar-refractivity contribution in [2.24, 2.45) is 5.92 Å². The third-order valence-corrected chi connectivity index (χ3v) is 4.25. The van der Waals surface area contributed by atoms with Crippen LogP contribution in [0.15, 0.2) is 10.7 Å². The van der Waals surface area contributed by atoms with Gasteiger partial charge in [-0.2, -0.15) is 0 Å². The van der Waals surface area contributed by atoms with Crippen LogP contribution in [0.5, 0.6) is 0 Å². The fourth-order valence-corrected chi connectivity index (χ4v) is 3.34. The maximum absolute atomic E-state index is 11.8. The SMILES string of the molecule is CO[C@H]1CC(=O)C[C@@H]2C=C(Cl)c3nonc3[C@]12[N+](=O)[O-]. The number of halogens is 1. The molecule has 1 heterocycles. The second-order valence-electron chi connectivity index (χ2n) is 4.84. The lowest BCUT2D eigenvalue weighted by atomic mass is 9.66. The number of ether oxygens (including phenoxy) is 1. The van der Waals surface area contributed by atoms with Gasteiger partial charge in [0.1, 0.15) is 11.9 Å². The van der Waals surface area contributed by atoms with Gasteiger partial charge in [0.15, 0.2) is 11.4 Å². The van der Waals surface area contributed by atoms with Crippen LogP contribution in [0.2, 0.25) is 0 Å². The Bertz CT molecular complexity index is 627. The fraction of sp³-hybridized carbons (Fsp3) is 0.545. The zero-order valence-corrected chi connectivity index (χ0v) is 11.2. The summed E-state index contributed by atoms with van der Waals surface area (Å²) in [5, 5.41) is 19.3. The lowest BCUT2D eigenvalue weighted by Gasteiger charge is -2.40. The standard InChI is InChI=1S/C11H10ClN3O5/c1-19-8-4-6(16)2-5-3-7(12)9-10(14-20-13-9)11(5,8)15(17)18/h3,5,8H,2,4H2,1H3/t5-,8+,11-/m1/s1. The number of hydrogen-bond acceptors (Lipinski definition) is 7. The Hall–Kier alpha value is -1.80. The number of nitrogens with zero attached hydrogens (tertiary/aromatic N) is 3. The van der Waals surface area contributed by atoms with Gasteiger partial charge in [-0.1, -0.05) is 17.7 Å². The van der Waals surface area contributed by atoms with Crippen LogP contribution in [-0.4, -0.2) is 34.2 Å². The Balaban J connectivity index is 2.28. The molecule has 8 nitrogen and oxygen atoms in total. The van der Waals surface area contributed by atoms with Crippen molar-refractivity contribution in [2.75, 3.05) is 7.11 Å². The summed E-state index contributed by atoms with van der Waals surface area (Å²) in [4.78, 5) is 23.1. The zero-order valence-electron chi connectivity index (χ0n) is 10.4. The number of Topliss-reactive ketones (excluding diaryl/α,β-unsaturated/α-hetero) is 1. The highest BCUT2D eigenvalue weighted by Gasteiger charge is 2.66. The van der Waals surface area contributed by atoms with Gasteiger partial charge in [-0.3, -0.25) is 14.9 Å². The van der Waals surface area contributed by atoms with Crippen molar-refractivity contribution in [3.05, 3.63) is 27.6 Å². The van der Waals surface area contributed by atoms with E-state index in [1.165, 1.54) is 13.2 Å². The van der Waals surface area contributed by atoms with Crippen LogP contribution in [-0.2, 0) is 15.1 Å². The normalized spacial score (nSPS) is 32.3. The quantitative estimate of drug-likeness (QED) is 0.594. The smallest absolute Gasteiger partial charge is 0.301 e. The number of carbonyl (C=O) groups excluding carboxylic acids is 1. The number of aromatic nitrogens is 2. The van der Waals surface area contributed by atoms with Crippen molar-refractivity contribution in [1.29, 1.82) is 0 Å². The van der Waals surface area contributed by atoms with Crippen LogP contribution in [0.3, 0.4) is 0 Å². The highest BCUT2D eigenvalue weighted by Crippen LogP contribution is 2.50. The van der Waals surface area contributed by atoms with Crippen LogP contribution < -0.4 is 0 Å². The summed E-state index contributed by atoms with van der Waals surface area (Å²) in [6, 6.07) is 0. The van der Waals surface area contributed by atoms with E-state index in [0.717, 1.165) is 0 Å². The molecule has 0 aromatic carbocycles. The lowest BCUT2D eigenvalue weighted by Crippen LogP contribution is -2.58. The van der Waals surface area contributed by atoms with Crippen LogP contribution in [0.25, 0.3) is 5.03 Å². The summed E-state index contributed by atoms with van der Waals surface area (Å²) < 4.78 is 9.82. The van der Waals surface area contributed by atoms with E-state index < -0.39 is 22.5 Å². The maximum Gasteiger partial charge on any atom is 0.301 e. The Morgan fingerprint density at radius 3 is 2.95 bits per heavy atom. The van der Waals surface area contributed by atoms with Crippen molar-refractivity contribution >= 4 is 22.4 Å². The van der Waals surface area contributed by atoms with E-state index in [1.54, 1.807) is 0 Å². The first-order valence-electron chi connectivity index (χ1n) is 5.91. The molecule has 0 saturated heterocycles. The summed E-state index contributed by atoms with van der Waals surface area (Å²) in [7, 11) is 1.33. The zero-order chi connectivity index (χ0) is 14.5. The minimum Gasteiger partial charge on any atom is -0.373 e. The Kier molecular flexibility index (Phi) is 2.87. The van der Waals surface area contributed by atoms with Gasteiger partial charge in [0.25, 0.3) is 0 Å². The molecule has 9 heteroatoms. The largest absolute Gasteiger partial charge is 0.373 e. The molecule has 2 aliphatic carbocycles. The molecular formula is C11H10ClN3O5. The van der Waals surface area contributed by atoms with E-state index in [-0.39, 0.29) is 35.0 Å². The van der Waals surface area contributed by atoms with Gasteiger partial charge in [0, 0.05) is 24.9 Å². The molecule has 0 spiro atoms. The van der Waals surface area contributed by atoms with Gasteiger partial charge in [-0.15, -0.1) is 0 Å². The maximum atomic E-state index is 11.8. The summed E-state index contributed by atoms with van der Waals surface area (Å²) in [5.41, 5.74) is -1.52. The summed E-state index contributed by atoms with van der Waals surface area (Å²) in [5.74, 6) is -0.837. The number of carbonyl (C=O) groups is 1. The van der Waals surface area contributed by atoms with Gasteiger partial charge in [0.2, 0.25) is 0 Å². The first kappa shape index (κ1) is 13.2. The number of ketones is 1. The van der Waals surface area contributed by atoms with Crippen molar-refractivity contribution < 1.29 is 19.1 Å². The highest BCUT2D eigenvalue weighted by molar-refractivity contribution is 6.48. The molecular weight excluding hydrogens is 290 g/mol. The molecule has 1 saturated carbocycles. The highest BCUT2D eigenvalue weighted by atomic mass is 35.5. The molecule has 0 radical (unpaired) electrons. The molecule has 0 unspecified atom stereocenters. The average Bonchev–Trinajstić information content (AvgIpc) is 2.87. The Morgan fingerprint density at radius 2 is 2.30 bits per heavy atom. The number of fused-ring (bicyclic) bond motifs is 3. The summed E-state index contributed by atoms with van der Waals surface area (Å²) >= 11 is 6.04. The number of nitro groups is 1. The third kappa shape index (κ3) is 1.49. The van der Waals surface area contributed by atoms with E-state index in [2.05, 4.69) is 14.9 Å². The van der Waals surface area contributed by atoms with Gasteiger partial charge >= 0.3 is 5.54 Å². The summed E-state index contributed by atoms with van der Waals surface area (Å²) in [6.07, 6.45) is 0.505. The molecule has 0 bridgehead atoms. The van der Waals surface area contributed by atoms with Gasteiger partial charge in [0.05, 0.1) is 11.0 Å². The number of hydrogen-bond donors (Lipinski definition) is 0. The molecule has 3 atom stereocenters. The van der Waals surface area contributed by atoms with Crippen molar-refractivity contribution in [1.82, 2.24) is 10.3 Å². The van der Waals surface area contributed by atoms with Crippen molar-refractivity contribution in [3.63, 3.8) is 0 Å². The predicted molar refractivity (Wildman–Crippen MR) is 65.3 cm³/mol. The van der Waals surface area contributed by atoms with E-state index in [4.69, 9.17) is 16.3 Å². The number of methoxy groups -OCH3 is 1. The van der Waals surface area contributed by atoms with E-state index >= 15 is 0 Å². The fourth-order valence-electron chi connectivity index (χ4n) is 3.07. The monoisotopic (exact) mass is 299 g/mol. The van der Waals surface area contributed by atoms with Crippen LogP contribution >= 0.6 is 11.6 Å². The average molecular weight is 300 g/mol. The number of rotatable bonds is 2. The van der Waals surface area contributed by atoms with Gasteiger partial charge in [-0.05, 0) is 10.3 Å². The molecule has 0 amide bonds. The minimum atomic E-state index is -1.68. The Labute approximate surface area is 117 Å². The van der Waals surface area contributed by atoms with Crippen LogP contribution in [0.1, 0.15) is 24.2 Å². The van der Waals surface area contributed by atoms with Crippen molar-refractivity contribution in [3.8, 4) is 0 Å². The van der Waals surface area contributed by atoms with Gasteiger partial charge < -0.3 is 4.74 Å². The van der Waals surface area contributed by atoms with Crippen LogP contribution in [0, 0.1) is 16.0 Å². The first-order valence-corrected chi connectivity index (χ1v) is 6.29. The van der Waals surface area contributed by atoms with E-state index in [9.17, 15) is 14.9 Å². The molecule has 106 valence electrons. The van der Waals surface area contributed by atoms with Gasteiger partial charge in [-0.25, -0.2) is 4.63 Å². The van der Waals surface area contributed by atoms with Crippen LogP contribution in [0.4, 0.5) is 0 Å². The van der Waals surface area contributed by atoms with E-state index in [1.807, 2.05) is 0 Å². The topological polar surface area (TPSA) is 108 Å². The molecule has 20 heavy (non-hydrogen) atoms. The molecule has 3 rings (SSSR count). The van der Waals surface area contributed by atoms with Crippen molar-refractivity contribution in [2.45, 2.75) is 24.5 Å². The summed E-state index contributed by atoms with van der Waals surface area (Å²) in [6.45, 7) is 0. The second-order valence-corrected chi connectivity index (χ2v) is 5.24. The predicted octanol–water partition coefficient (Wildman–Crippen LogP) is 1.13. The molecule has 1 aromatic heterocycles. The Morgan fingerprint density at radius 1 is 1.55 bits per heavy atom. The lowest BCUT2D eigenvalue weighted by molar-refractivity contribution is -0.605. The molecule has 0 N–H and O–H groups in total.